The number of carbonyl (C=O) groups excluding carboxylic acids is 2. The van der Waals surface area contributed by atoms with Crippen molar-refractivity contribution in [2.24, 2.45) is 11.3 Å². The van der Waals surface area contributed by atoms with Gasteiger partial charge < -0.3 is 19.9 Å². The maximum absolute atomic E-state index is 13.6. The van der Waals surface area contributed by atoms with Crippen LogP contribution in [0.3, 0.4) is 0 Å². The molecule has 198 valence electrons. The van der Waals surface area contributed by atoms with Crippen LogP contribution in [0, 0.1) is 11.3 Å². The van der Waals surface area contributed by atoms with Gasteiger partial charge in [0, 0.05) is 31.8 Å². The van der Waals surface area contributed by atoms with Crippen molar-refractivity contribution in [3.05, 3.63) is 29.6 Å². The van der Waals surface area contributed by atoms with Crippen molar-refractivity contribution in [1.82, 2.24) is 20.2 Å². The van der Waals surface area contributed by atoms with Gasteiger partial charge in [-0.25, -0.2) is 9.37 Å². The summed E-state index contributed by atoms with van der Waals surface area (Å²) in [6, 6.07) is 1.60. The molecule has 1 saturated carbocycles. The first-order valence-corrected chi connectivity index (χ1v) is 12.3. The lowest BCUT2D eigenvalue weighted by molar-refractivity contribution is -0.141. The molecule has 1 aliphatic heterocycles. The van der Waals surface area contributed by atoms with E-state index in [1.807, 2.05) is 13.8 Å². The molecule has 0 radical (unpaired) electrons. The highest BCUT2D eigenvalue weighted by Gasteiger charge is 2.50. The van der Waals surface area contributed by atoms with E-state index in [1.165, 1.54) is 6.33 Å². The average molecular weight is 513 g/mol. The van der Waals surface area contributed by atoms with Crippen LogP contribution in [-0.4, -0.2) is 58.7 Å². The highest BCUT2D eigenvalue weighted by molar-refractivity contribution is 5.85. The summed E-state index contributed by atoms with van der Waals surface area (Å²) in [4.78, 5) is 34.6. The van der Waals surface area contributed by atoms with Gasteiger partial charge in [-0.15, -0.1) is 0 Å². The molecule has 1 saturated heterocycles. The monoisotopic (exact) mass is 512 g/mol. The van der Waals surface area contributed by atoms with Crippen LogP contribution in [0.25, 0.3) is 11.0 Å². The molecule has 7 nitrogen and oxygen atoms in total. The minimum atomic E-state index is -4.54. The fourth-order valence-electron chi connectivity index (χ4n) is 5.79. The Morgan fingerprint density at radius 1 is 1.22 bits per heavy atom. The first-order valence-electron chi connectivity index (χ1n) is 12.3. The van der Waals surface area contributed by atoms with Crippen LogP contribution in [0.15, 0.2) is 18.5 Å². The normalized spacial score (nSPS) is 23.4. The van der Waals surface area contributed by atoms with Gasteiger partial charge in [-0.1, -0.05) is 13.8 Å². The number of carbonyl (C=O) groups is 2. The number of H-pyrrole nitrogens is 1. The molecule has 11 heteroatoms. The number of alkyl halides is 4. The number of imidazole rings is 1. The fourth-order valence-corrected chi connectivity index (χ4v) is 5.79. The third kappa shape index (κ3) is 5.07. The topological polar surface area (TPSA) is 87.3 Å². The van der Waals surface area contributed by atoms with Crippen molar-refractivity contribution < 1.29 is 31.9 Å². The van der Waals surface area contributed by atoms with Gasteiger partial charge in [-0.3, -0.25) is 9.59 Å². The van der Waals surface area contributed by atoms with E-state index in [9.17, 15) is 27.2 Å². The van der Waals surface area contributed by atoms with E-state index >= 15 is 0 Å². The van der Waals surface area contributed by atoms with E-state index in [0.717, 1.165) is 12.1 Å². The quantitative estimate of drug-likeness (QED) is 0.540. The number of aromatic amines is 1. The zero-order valence-electron chi connectivity index (χ0n) is 20.5. The Kier molecular flexibility index (Phi) is 7.59. The van der Waals surface area contributed by atoms with E-state index < -0.39 is 29.7 Å². The van der Waals surface area contributed by atoms with Gasteiger partial charge in [-0.05, 0) is 55.7 Å². The number of benzene rings is 1. The predicted molar refractivity (Wildman–Crippen MR) is 125 cm³/mol. The summed E-state index contributed by atoms with van der Waals surface area (Å²) >= 11 is 0. The molecule has 1 aromatic heterocycles. The number of rotatable bonds is 7. The lowest BCUT2D eigenvalue weighted by Crippen LogP contribution is -2.50. The number of ether oxygens (including phenoxy) is 1. The molecule has 2 amide bonds. The number of nitrogens with one attached hydrogen (secondary N) is 2. The van der Waals surface area contributed by atoms with Crippen LogP contribution in [0.2, 0.25) is 0 Å². The Balaban J connectivity index is 1.54. The maximum Gasteiger partial charge on any atom is 0.416 e. The van der Waals surface area contributed by atoms with Crippen molar-refractivity contribution in [3.63, 3.8) is 0 Å². The summed E-state index contributed by atoms with van der Waals surface area (Å²) in [5, 5.41) is 2.85. The van der Waals surface area contributed by atoms with Crippen LogP contribution in [-0.2, 0) is 27.0 Å². The first-order chi connectivity index (χ1) is 17.1. The Morgan fingerprint density at radius 2 is 1.94 bits per heavy atom. The number of hydrogen-bond acceptors (Lipinski definition) is 4. The van der Waals surface area contributed by atoms with Gasteiger partial charge in [0.25, 0.3) is 5.91 Å². The second kappa shape index (κ2) is 10.4. The highest BCUT2D eigenvalue weighted by Crippen LogP contribution is 2.47. The van der Waals surface area contributed by atoms with Crippen LogP contribution in [0.4, 0.5) is 17.6 Å². The molecule has 0 bridgehead atoms. The van der Waals surface area contributed by atoms with E-state index in [4.69, 9.17) is 4.74 Å². The van der Waals surface area contributed by atoms with Crippen LogP contribution in [0.5, 0.6) is 0 Å². The molecule has 1 aromatic carbocycles. The average Bonchev–Trinajstić information content (AvgIpc) is 3.51. The number of fused-ring (bicyclic) bond motifs is 1. The van der Waals surface area contributed by atoms with Crippen LogP contribution in [0.1, 0.15) is 57.1 Å². The summed E-state index contributed by atoms with van der Waals surface area (Å²) in [6.07, 6.45) is -0.536. The summed E-state index contributed by atoms with van der Waals surface area (Å²) in [7, 11) is 0. The standard InChI is InChI=1S/C25H32F4N4O3/c1-15(2)24(6-3-19(11-24)33(21(34)12-26)18-4-7-36-8-5-18)23(35)30-13-16-9-17(25(27,28)29)10-20-22(16)32-14-31-20/h9-10,14-15,18-19H,3-8,11-13H2,1-2H3,(H,30,35)(H,31,32)/t19-,24+/m1/s1. The zero-order chi connectivity index (χ0) is 26.1. The largest absolute Gasteiger partial charge is 0.416 e. The first kappa shape index (κ1) is 26.4. The zero-order valence-corrected chi connectivity index (χ0v) is 20.5. The second-order valence-electron chi connectivity index (χ2n) is 10.1. The minimum absolute atomic E-state index is 0.0913. The molecule has 36 heavy (non-hydrogen) atoms. The van der Waals surface area contributed by atoms with Crippen molar-refractivity contribution in [3.8, 4) is 0 Å². The molecule has 1 aliphatic carbocycles. The summed E-state index contributed by atoms with van der Waals surface area (Å²) in [5.74, 6) is -0.941. The summed E-state index contributed by atoms with van der Waals surface area (Å²) in [6.45, 7) is 3.64. The van der Waals surface area contributed by atoms with Gasteiger partial charge in [0.05, 0.1) is 28.3 Å². The van der Waals surface area contributed by atoms with Gasteiger partial charge in [0.1, 0.15) is 0 Å². The molecule has 0 unspecified atom stereocenters. The smallest absolute Gasteiger partial charge is 0.381 e. The van der Waals surface area contributed by atoms with Gasteiger partial charge in [-0.2, -0.15) is 13.2 Å². The van der Waals surface area contributed by atoms with Crippen molar-refractivity contribution in [1.29, 1.82) is 0 Å². The van der Waals surface area contributed by atoms with Gasteiger partial charge in [0.15, 0.2) is 6.67 Å². The summed E-state index contributed by atoms with van der Waals surface area (Å²) < 4.78 is 59.1. The Bertz CT molecular complexity index is 1100. The third-order valence-corrected chi connectivity index (χ3v) is 7.83. The van der Waals surface area contributed by atoms with Gasteiger partial charge >= 0.3 is 6.18 Å². The number of nitrogens with zero attached hydrogens (tertiary/aromatic N) is 2. The SMILES string of the molecule is CC(C)[C@]1(C(=O)NCc2cc(C(F)(F)F)cc3[nH]cnc23)CC[C@@H](N(C(=O)CF)C2CCOCC2)C1. The number of aromatic nitrogens is 2. The molecule has 2 N–H and O–H groups in total. The molecule has 2 aliphatic rings. The molecular weight excluding hydrogens is 480 g/mol. The van der Waals surface area contributed by atoms with E-state index in [0.29, 0.717) is 50.8 Å². The lowest BCUT2D eigenvalue weighted by Gasteiger charge is -2.39. The molecule has 2 fully saturated rings. The molecule has 2 aromatic rings. The Labute approximate surface area is 207 Å². The van der Waals surface area contributed by atoms with Crippen LogP contribution >= 0.6 is 0 Å². The molecule has 4 rings (SSSR count). The molecule has 2 atom stereocenters. The second-order valence-corrected chi connectivity index (χ2v) is 10.1. The molecule has 0 spiro atoms. The molecular formula is C25H32F4N4O3. The summed E-state index contributed by atoms with van der Waals surface area (Å²) in [5.41, 5.74) is -0.771. The van der Waals surface area contributed by atoms with Crippen molar-refractivity contribution in [2.45, 2.75) is 70.8 Å². The van der Waals surface area contributed by atoms with Crippen LogP contribution < -0.4 is 5.32 Å². The van der Waals surface area contributed by atoms with E-state index in [-0.39, 0.29) is 41.5 Å². The number of amides is 2. The minimum Gasteiger partial charge on any atom is -0.381 e. The van der Waals surface area contributed by atoms with Crippen molar-refractivity contribution in [2.75, 3.05) is 19.9 Å². The Hall–Kier alpha value is -2.69. The number of halogens is 4. The maximum atomic E-state index is 13.6. The van der Waals surface area contributed by atoms with E-state index in [1.54, 1.807) is 4.90 Å². The fraction of sp³-hybridized carbons (Fsp3) is 0.640. The highest BCUT2D eigenvalue weighted by atomic mass is 19.4. The molecule has 2 heterocycles. The predicted octanol–water partition coefficient (Wildman–Crippen LogP) is 4.37. The Morgan fingerprint density at radius 3 is 2.58 bits per heavy atom. The third-order valence-electron chi connectivity index (χ3n) is 7.83. The van der Waals surface area contributed by atoms with Crippen molar-refractivity contribution >= 4 is 22.8 Å². The lowest BCUT2D eigenvalue weighted by atomic mass is 9.74. The van der Waals surface area contributed by atoms with Gasteiger partial charge in [0.2, 0.25) is 5.91 Å². The number of hydrogen-bond donors (Lipinski definition) is 2. The van der Waals surface area contributed by atoms with E-state index in [2.05, 4.69) is 15.3 Å².